The highest BCUT2D eigenvalue weighted by Crippen LogP contribution is 2.19. The Kier molecular flexibility index (Phi) is 2.55. The second kappa shape index (κ2) is 3.33. The SMILES string of the molecule is NCc1ccc(O)cc1S(N)(=O)=O. The average molecular weight is 202 g/mol. The molecule has 0 saturated carbocycles. The van der Waals surface area contributed by atoms with Gasteiger partial charge in [0, 0.05) is 12.6 Å². The molecule has 0 aromatic heterocycles. The van der Waals surface area contributed by atoms with Gasteiger partial charge in [0.2, 0.25) is 10.0 Å². The molecule has 1 aromatic carbocycles. The van der Waals surface area contributed by atoms with Crippen LogP contribution in [0, 0.1) is 0 Å². The molecule has 5 nitrogen and oxygen atoms in total. The van der Waals surface area contributed by atoms with Crippen molar-refractivity contribution in [1.29, 1.82) is 0 Å². The number of phenols is 1. The Bertz CT molecular complexity index is 414. The van der Waals surface area contributed by atoms with Gasteiger partial charge in [-0.05, 0) is 11.6 Å². The van der Waals surface area contributed by atoms with Gasteiger partial charge < -0.3 is 10.8 Å². The number of primary sulfonamides is 1. The molecule has 0 spiro atoms. The zero-order chi connectivity index (χ0) is 10.1. The monoisotopic (exact) mass is 202 g/mol. The van der Waals surface area contributed by atoms with Gasteiger partial charge in [0.15, 0.2) is 0 Å². The van der Waals surface area contributed by atoms with Crippen LogP contribution in [0.2, 0.25) is 0 Å². The predicted molar refractivity (Wildman–Crippen MR) is 47.4 cm³/mol. The van der Waals surface area contributed by atoms with Crippen LogP contribution in [-0.2, 0) is 16.6 Å². The Morgan fingerprint density at radius 3 is 2.46 bits per heavy atom. The summed E-state index contributed by atoms with van der Waals surface area (Å²) in [7, 11) is -3.81. The van der Waals surface area contributed by atoms with Crippen molar-refractivity contribution in [3.05, 3.63) is 23.8 Å². The number of hydrogen-bond donors (Lipinski definition) is 3. The normalized spacial score (nSPS) is 11.5. The molecule has 13 heavy (non-hydrogen) atoms. The Hall–Kier alpha value is -1.11. The highest BCUT2D eigenvalue weighted by molar-refractivity contribution is 7.89. The molecule has 6 heteroatoms. The third-order valence-electron chi connectivity index (χ3n) is 1.58. The fourth-order valence-corrected chi connectivity index (χ4v) is 1.78. The van der Waals surface area contributed by atoms with Gasteiger partial charge >= 0.3 is 0 Å². The summed E-state index contributed by atoms with van der Waals surface area (Å²) in [6.07, 6.45) is 0. The van der Waals surface area contributed by atoms with E-state index in [1.165, 1.54) is 12.1 Å². The first-order chi connectivity index (χ1) is 5.95. The van der Waals surface area contributed by atoms with Crippen LogP contribution in [-0.4, -0.2) is 13.5 Å². The smallest absolute Gasteiger partial charge is 0.238 e. The lowest BCUT2D eigenvalue weighted by Gasteiger charge is -2.05. The predicted octanol–water partition coefficient (Wildman–Crippen LogP) is -0.502. The highest BCUT2D eigenvalue weighted by Gasteiger charge is 2.13. The van der Waals surface area contributed by atoms with Gasteiger partial charge in [-0.2, -0.15) is 0 Å². The zero-order valence-corrected chi connectivity index (χ0v) is 7.58. The lowest BCUT2D eigenvalue weighted by atomic mass is 10.2. The summed E-state index contributed by atoms with van der Waals surface area (Å²) < 4.78 is 22.0. The number of aromatic hydroxyl groups is 1. The van der Waals surface area contributed by atoms with Crippen molar-refractivity contribution in [2.24, 2.45) is 10.9 Å². The quantitative estimate of drug-likeness (QED) is 0.600. The molecular formula is C7H10N2O3S. The minimum absolute atomic E-state index is 0.0616. The highest BCUT2D eigenvalue weighted by atomic mass is 32.2. The van der Waals surface area contributed by atoms with Gasteiger partial charge in [0.1, 0.15) is 5.75 Å². The number of rotatable bonds is 2. The standard InChI is InChI=1S/C7H10N2O3S/c8-4-5-1-2-6(10)3-7(5)13(9,11)12/h1-3,10H,4,8H2,(H2,9,11,12). The van der Waals surface area contributed by atoms with Crippen molar-refractivity contribution in [3.8, 4) is 5.75 Å². The molecule has 0 bridgehead atoms. The minimum atomic E-state index is -3.81. The minimum Gasteiger partial charge on any atom is -0.508 e. The fourth-order valence-electron chi connectivity index (χ4n) is 0.977. The summed E-state index contributed by atoms with van der Waals surface area (Å²) in [5.41, 5.74) is 5.68. The molecule has 0 radical (unpaired) electrons. The average Bonchev–Trinajstić information content (AvgIpc) is 2.03. The van der Waals surface area contributed by atoms with Crippen LogP contribution < -0.4 is 10.9 Å². The maximum atomic E-state index is 11.0. The van der Waals surface area contributed by atoms with E-state index < -0.39 is 10.0 Å². The maximum Gasteiger partial charge on any atom is 0.238 e. The third kappa shape index (κ3) is 2.18. The van der Waals surface area contributed by atoms with Crippen molar-refractivity contribution in [2.45, 2.75) is 11.4 Å². The first-order valence-corrected chi connectivity index (χ1v) is 5.04. The summed E-state index contributed by atoms with van der Waals surface area (Å²) in [5.74, 6) is -0.152. The van der Waals surface area contributed by atoms with E-state index in [-0.39, 0.29) is 17.2 Å². The molecular weight excluding hydrogens is 192 g/mol. The number of nitrogens with two attached hydrogens (primary N) is 2. The van der Waals surface area contributed by atoms with Crippen LogP contribution in [0.15, 0.2) is 23.1 Å². The van der Waals surface area contributed by atoms with Gasteiger partial charge in [-0.1, -0.05) is 6.07 Å². The maximum absolute atomic E-state index is 11.0. The summed E-state index contributed by atoms with van der Waals surface area (Å²) in [4.78, 5) is -0.130. The molecule has 0 heterocycles. The van der Waals surface area contributed by atoms with E-state index in [4.69, 9.17) is 16.0 Å². The summed E-state index contributed by atoms with van der Waals surface area (Å²) in [5, 5.41) is 13.9. The molecule has 0 unspecified atom stereocenters. The Labute approximate surface area is 76.0 Å². The van der Waals surface area contributed by atoms with Crippen molar-refractivity contribution in [3.63, 3.8) is 0 Å². The molecule has 1 aromatic rings. The van der Waals surface area contributed by atoms with Crippen molar-refractivity contribution < 1.29 is 13.5 Å². The van der Waals surface area contributed by atoms with E-state index in [2.05, 4.69) is 0 Å². The van der Waals surface area contributed by atoms with Crippen LogP contribution >= 0.6 is 0 Å². The summed E-state index contributed by atoms with van der Waals surface area (Å²) >= 11 is 0. The molecule has 0 aliphatic carbocycles. The first kappa shape index (κ1) is 9.97. The molecule has 0 fully saturated rings. The lowest BCUT2D eigenvalue weighted by Crippen LogP contribution is -2.15. The van der Waals surface area contributed by atoms with Gasteiger partial charge in [0.05, 0.1) is 4.90 Å². The first-order valence-electron chi connectivity index (χ1n) is 3.50. The van der Waals surface area contributed by atoms with Gasteiger partial charge in [-0.3, -0.25) is 0 Å². The number of sulfonamides is 1. The van der Waals surface area contributed by atoms with Crippen molar-refractivity contribution in [2.75, 3.05) is 0 Å². The van der Waals surface area contributed by atoms with Crippen LogP contribution in [0.25, 0.3) is 0 Å². The van der Waals surface area contributed by atoms with E-state index in [9.17, 15) is 8.42 Å². The van der Waals surface area contributed by atoms with E-state index in [0.29, 0.717) is 5.56 Å². The van der Waals surface area contributed by atoms with Crippen LogP contribution in [0.1, 0.15) is 5.56 Å². The Morgan fingerprint density at radius 1 is 1.38 bits per heavy atom. The van der Waals surface area contributed by atoms with Gasteiger partial charge in [-0.15, -0.1) is 0 Å². The molecule has 0 aliphatic rings. The number of phenolic OH excluding ortho intramolecular Hbond substituents is 1. The number of benzene rings is 1. The van der Waals surface area contributed by atoms with Crippen LogP contribution in [0.5, 0.6) is 5.75 Å². The van der Waals surface area contributed by atoms with E-state index in [1.54, 1.807) is 0 Å². The van der Waals surface area contributed by atoms with Crippen LogP contribution in [0.3, 0.4) is 0 Å². The summed E-state index contributed by atoms with van der Waals surface area (Å²) in [6.45, 7) is 0.0616. The van der Waals surface area contributed by atoms with Crippen molar-refractivity contribution >= 4 is 10.0 Å². The van der Waals surface area contributed by atoms with Crippen molar-refractivity contribution in [1.82, 2.24) is 0 Å². The zero-order valence-electron chi connectivity index (χ0n) is 6.77. The Balaban J connectivity index is 3.41. The molecule has 0 saturated heterocycles. The molecule has 0 atom stereocenters. The molecule has 0 amide bonds. The van der Waals surface area contributed by atoms with Gasteiger partial charge in [0.25, 0.3) is 0 Å². The third-order valence-corrected chi connectivity index (χ3v) is 2.57. The molecule has 1 rings (SSSR count). The second-order valence-electron chi connectivity index (χ2n) is 2.54. The van der Waals surface area contributed by atoms with Gasteiger partial charge in [-0.25, -0.2) is 13.6 Å². The summed E-state index contributed by atoms with van der Waals surface area (Å²) in [6, 6.07) is 3.86. The van der Waals surface area contributed by atoms with E-state index >= 15 is 0 Å². The Morgan fingerprint density at radius 2 is 2.00 bits per heavy atom. The second-order valence-corrected chi connectivity index (χ2v) is 4.07. The topological polar surface area (TPSA) is 106 Å². The fraction of sp³-hybridized carbons (Fsp3) is 0.143. The van der Waals surface area contributed by atoms with E-state index in [1.807, 2.05) is 0 Å². The van der Waals surface area contributed by atoms with E-state index in [0.717, 1.165) is 6.07 Å². The van der Waals surface area contributed by atoms with Crippen LogP contribution in [0.4, 0.5) is 0 Å². The lowest BCUT2D eigenvalue weighted by molar-refractivity contribution is 0.472. The molecule has 72 valence electrons. The molecule has 5 N–H and O–H groups in total. The largest absolute Gasteiger partial charge is 0.508 e. The number of hydrogen-bond acceptors (Lipinski definition) is 4. The molecule has 0 aliphatic heterocycles.